The fourth-order valence-electron chi connectivity index (χ4n) is 3.12. The molecule has 30 heavy (non-hydrogen) atoms. The van der Waals surface area contributed by atoms with Crippen LogP contribution < -0.4 is 19.6 Å². The first kappa shape index (κ1) is 18.3. The number of fused-ring (bicyclic) bond motifs is 2. The van der Waals surface area contributed by atoms with Crippen molar-refractivity contribution in [3.63, 3.8) is 0 Å². The maximum absolute atomic E-state index is 12.7. The lowest BCUT2D eigenvalue weighted by molar-refractivity contribution is 0.0600. The minimum absolute atomic E-state index is 0.261. The van der Waals surface area contributed by atoms with E-state index in [4.69, 9.17) is 9.47 Å². The molecule has 5 rings (SSSR count). The van der Waals surface area contributed by atoms with Crippen molar-refractivity contribution in [1.29, 1.82) is 0 Å². The van der Waals surface area contributed by atoms with Gasteiger partial charge in [-0.15, -0.1) is 5.10 Å². The van der Waals surface area contributed by atoms with Crippen molar-refractivity contribution >= 4 is 28.3 Å². The van der Waals surface area contributed by atoms with Gasteiger partial charge in [-0.05, 0) is 35.9 Å². The van der Waals surface area contributed by atoms with Crippen LogP contribution in [0.15, 0.2) is 53.3 Å². The van der Waals surface area contributed by atoms with E-state index in [2.05, 4.69) is 14.8 Å². The Labute approximate surface area is 174 Å². The normalized spacial score (nSPS) is 16.0. The van der Waals surface area contributed by atoms with E-state index >= 15 is 0 Å². The number of ether oxygens (including phenoxy) is 3. The predicted molar refractivity (Wildman–Crippen MR) is 109 cm³/mol. The molecule has 8 nitrogen and oxygen atoms in total. The Morgan fingerprint density at radius 2 is 1.97 bits per heavy atom. The highest BCUT2D eigenvalue weighted by Gasteiger charge is 2.27. The van der Waals surface area contributed by atoms with Gasteiger partial charge in [-0.1, -0.05) is 35.6 Å². The van der Waals surface area contributed by atoms with Crippen molar-refractivity contribution in [3.05, 3.63) is 80.4 Å². The molecule has 1 atom stereocenters. The number of aromatic nitrogens is 3. The van der Waals surface area contributed by atoms with Crippen LogP contribution in [-0.4, -0.2) is 34.3 Å². The average Bonchev–Trinajstić information content (AvgIpc) is 3.33. The molecule has 2 aromatic carbocycles. The molecule has 0 bridgehead atoms. The largest absolute Gasteiger partial charge is 0.485 e. The Hall–Kier alpha value is -3.72. The van der Waals surface area contributed by atoms with Crippen LogP contribution in [0.2, 0.25) is 0 Å². The maximum atomic E-state index is 12.7. The lowest BCUT2D eigenvalue weighted by Crippen LogP contribution is -2.26. The number of methoxy groups -OCH3 is 1. The molecule has 0 aliphatic carbocycles. The van der Waals surface area contributed by atoms with E-state index in [1.54, 1.807) is 30.3 Å². The van der Waals surface area contributed by atoms with E-state index in [0.29, 0.717) is 32.4 Å². The number of thiazole rings is 1. The van der Waals surface area contributed by atoms with Gasteiger partial charge < -0.3 is 14.2 Å². The van der Waals surface area contributed by atoms with Crippen LogP contribution in [0.25, 0.3) is 11.0 Å². The van der Waals surface area contributed by atoms with E-state index in [0.717, 1.165) is 5.56 Å². The molecule has 2 aromatic heterocycles. The summed E-state index contributed by atoms with van der Waals surface area (Å²) in [6.07, 6.45) is 1.25. The second-order valence-corrected chi connectivity index (χ2v) is 7.57. The summed E-state index contributed by atoms with van der Waals surface area (Å²) < 4.78 is 18.1. The van der Waals surface area contributed by atoms with Crippen LogP contribution >= 0.6 is 11.3 Å². The molecule has 9 heteroatoms. The molecule has 4 aromatic rings. The summed E-state index contributed by atoms with van der Waals surface area (Å²) in [5.74, 6) is 1.30. The zero-order valence-electron chi connectivity index (χ0n) is 15.8. The molecule has 150 valence electrons. The van der Waals surface area contributed by atoms with Crippen molar-refractivity contribution in [1.82, 2.24) is 14.6 Å². The smallest absolute Gasteiger partial charge is 0.337 e. The third-order valence-electron chi connectivity index (χ3n) is 4.62. The molecule has 0 amide bonds. The van der Waals surface area contributed by atoms with E-state index in [1.807, 2.05) is 24.3 Å². The number of carbonyl (C=O) groups is 1. The summed E-state index contributed by atoms with van der Waals surface area (Å²) >= 11 is 1.24. The zero-order chi connectivity index (χ0) is 20.7. The summed E-state index contributed by atoms with van der Waals surface area (Å²) in [5.41, 5.74) is 0.966. The molecule has 0 saturated heterocycles. The van der Waals surface area contributed by atoms with E-state index in [9.17, 15) is 9.59 Å². The lowest BCUT2D eigenvalue weighted by atomic mass is 10.1. The Kier molecular flexibility index (Phi) is 4.44. The Morgan fingerprint density at radius 3 is 2.70 bits per heavy atom. The van der Waals surface area contributed by atoms with Crippen LogP contribution in [0.1, 0.15) is 27.8 Å². The molecule has 0 N–H and O–H groups in total. The number of para-hydroxylation sites is 2. The number of rotatable bonds is 3. The highest BCUT2D eigenvalue weighted by Crippen LogP contribution is 2.35. The maximum Gasteiger partial charge on any atom is 0.337 e. The van der Waals surface area contributed by atoms with Gasteiger partial charge in [0.15, 0.2) is 23.4 Å². The fourth-order valence-corrected chi connectivity index (χ4v) is 4.03. The van der Waals surface area contributed by atoms with Crippen molar-refractivity contribution < 1.29 is 19.0 Å². The predicted octanol–water partition coefficient (Wildman–Crippen LogP) is 2.00. The highest BCUT2D eigenvalue weighted by atomic mass is 32.1. The lowest BCUT2D eigenvalue weighted by Gasteiger charge is -2.24. The van der Waals surface area contributed by atoms with Crippen molar-refractivity contribution in [2.24, 2.45) is 0 Å². The van der Waals surface area contributed by atoms with E-state index in [1.165, 1.54) is 23.0 Å². The van der Waals surface area contributed by atoms with Gasteiger partial charge >= 0.3 is 5.97 Å². The Bertz CT molecular complexity index is 1360. The fraction of sp³-hybridized carbons (Fsp3) is 0.143. The standard InChI is InChI=1S/C21H15N3O5S/c1-27-20(26)13-8-6-12(7-9-13)10-17-19(25)24-21(30-17)22-18(23-24)16-11-28-14-4-2-3-5-15(14)29-16/h2-10,16H,11H2,1H3/b17-10-/t16-/m1/s1. The summed E-state index contributed by atoms with van der Waals surface area (Å²) in [6, 6.07) is 14.2. The molecule has 3 heterocycles. The van der Waals surface area contributed by atoms with Gasteiger partial charge in [-0.2, -0.15) is 9.50 Å². The van der Waals surface area contributed by atoms with Gasteiger partial charge in [-0.3, -0.25) is 4.79 Å². The third kappa shape index (κ3) is 3.18. The van der Waals surface area contributed by atoms with Gasteiger partial charge in [0, 0.05) is 0 Å². The summed E-state index contributed by atoms with van der Waals surface area (Å²) in [4.78, 5) is 29.2. The molecule has 0 fully saturated rings. The average molecular weight is 421 g/mol. The molecular formula is C21H15N3O5S. The molecule has 0 unspecified atom stereocenters. The second-order valence-electron chi connectivity index (χ2n) is 6.56. The third-order valence-corrected chi connectivity index (χ3v) is 5.58. The van der Waals surface area contributed by atoms with Gasteiger partial charge in [0.1, 0.15) is 6.61 Å². The van der Waals surface area contributed by atoms with Gasteiger partial charge in [0.2, 0.25) is 4.96 Å². The van der Waals surface area contributed by atoms with E-state index in [-0.39, 0.29) is 12.2 Å². The molecular weight excluding hydrogens is 406 g/mol. The zero-order valence-corrected chi connectivity index (χ0v) is 16.6. The van der Waals surface area contributed by atoms with Crippen molar-refractivity contribution in [2.75, 3.05) is 13.7 Å². The van der Waals surface area contributed by atoms with Gasteiger partial charge in [-0.25, -0.2) is 4.79 Å². The second kappa shape index (κ2) is 7.27. The molecule has 0 saturated carbocycles. The minimum Gasteiger partial charge on any atom is -0.485 e. The van der Waals surface area contributed by atoms with Crippen molar-refractivity contribution in [2.45, 2.75) is 6.10 Å². The molecule has 0 spiro atoms. The summed E-state index contributed by atoms with van der Waals surface area (Å²) in [7, 11) is 1.33. The number of hydrogen-bond acceptors (Lipinski definition) is 8. The summed E-state index contributed by atoms with van der Waals surface area (Å²) in [5, 5.41) is 4.34. The Morgan fingerprint density at radius 1 is 1.20 bits per heavy atom. The highest BCUT2D eigenvalue weighted by molar-refractivity contribution is 7.15. The molecule has 0 radical (unpaired) electrons. The van der Waals surface area contributed by atoms with Crippen LogP contribution in [0.3, 0.4) is 0 Å². The minimum atomic E-state index is -0.482. The van der Waals surface area contributed by atoms with Gasteiger partial charge in [0.05, 0.1) is 17.2 Å². The van der Waals surface area contributed by atoms with Crippen LogP contribution in [0.4, 0.5) is 0 Å². The first-order valence-electron chi connectivity index (χ1n) is 9.10. The molecule has 1 aliphatic heterocycles. The van der Waals surface area contributed by atoms with Gasteiger partial charge in [0.25, 0.3) is 5.56 Å². The van der Waals surface area contributed by atoms with Crippen LogP contribution in [-0.2, 0) is 4.74 Å². The number of carbonyl (C=O) groups excluding carboxylic acids is 1. The first-order valence-corrected chi connectivity index (χ1v) is 9.92. The van der Waals surface area contributed by atoms with Crippen LogP contribution in [0, 0.1) is 0 Å². The monoisotopic (exact) mass is 421 g/mol. The van der Waals surface area contributed by atoms with Crippen LogP contribution in [0.5, 0.6) is 11.5 Å². The number of benzene rings is 2. The number of nitrogens with zero attached hydrogens (tertiary/aromatic N) is 3. The number of hydrogen-bond donors (Lipinski definition) is 0. The Balaban J connectivity index is 1.44. The topological polar surface area (TPSA) is 92.0 Å². The quantitative estimate of drug-likeness (QED) is 0.467. The molecule has 1 aliphatic rings. The summed E-state index contributed by atoms with van der Waals surface area (Å²) in [6.45, 7) is 0.272. The SMILES string of the molecule is COC(=O)c1ccc(/C=c2\sc3nc([C@H]4COc5ccccc5O4)nn3c2=O)cc1. The van der Waals surface area contributed by atoms with E-state index < -0.39 is 12.1 Å². The number of esters is 1. The first-order chi connectivity index (χ1) is 14.6. The van der Waals surface area contributed by atoms with Crippen molar-refractivity contribution in [3.8, 4) is 11.5 Å².